The maximum absolute atomic E-state index is 11.0. The van der Waals surface area contributed by atoms with Crippen LogP contribution in [0.1, 0.15) is 81.1 Å². The molecule has 6 atom stereocenters. The molecule has 2 N–H and O–H groups in total. The van der Waals surface area contributed by atoms with Crippen LogP contribution in [0.25, 0.3) is 0 Å². The third kappa shape index (κ3) is 4.18. The minimum atomic E-state index is -0.745. The fraction of sp³-hybridized carbons (Fsp3) is 0.870. The standard InChI is InChI=1S/C20H36O.C3H6O2/c1-9-16-15-10-13(4)14(5)19(6,7)18(15)17(21)11-20(16,8)12(2)3;1-2-3(4)5/h12-13,15-18,21H,5,9-11H2,1-4,6-8H3;2H2,1H3,(H,4,5)/t13-,15?,16-,17?,18+,20?;/m0./s1. The van der Waals surface area contributed by atoms with Crippen molar-refractivity contribution in [1.82, 2.24) is 0 Å². The van der Waals surface area contributed by atoms with E-state index in [0.29, 0.717) is 23.7 Å². The van der Waals surface area contributed by atoms with E-state index in [9.17, 15) is 9.90 Å². The minimum Gasteiger partial charge on any atom is -0.481 e. The van der Waals surface area contributed by atoms with Crippen LogP contribution in [0.4, 0.5) is 0 Å². The number of rotatable bonds is 3. The smallest absolute Gasteiger partial charge is 0.303 e. The number of aliphatic carboxylic acids is 1. The molecule has 0 bridgehead atoms. The minimum absolute atomic E-state index is 0.0630. The molecule has 0 saturated heterocycles. The second-order valence-corrected chi connectivity index (χ2v) is 9.77. The first kappa shape index (κ1) is 23.2. The summed E-state index contributed by atoms with van der Waals surface area (Å²) in [6, 6.07) is 0. The van der Waals surface area contributed by atoms with E-state index in [1.807, 2.05) is 0 Å². The summed E-state index contributed by atoms with van der Waals surface area (Å²) in [7, 11) is 0. The average molecular weight is 367 g/mol. The zero-order valence-electron chi connectivity index (χ0n) is 18.3. The molecule has 3 nitrogen and oxygen atoms in total. The van der Waals surface area contributed by atoms with Gasteiger partial charge in [0.2, 0.25) is 0 Å². The molecule has 26 heavy (non-hydrogen) atoms. The van der Waals surface area contributed by atoms with Gasteiger partial charge >= 0.3 is 5.97 Å². The van der Waals surface area contributed by atoms with Gasteiger partial charge in [0.15, 0.2) is 0 Å². The first-order chi connectivity index (χ1) is 11.8. The largest absolute Gasteiger partial charge is 0.481 e. The molecule has 0 amide bonds. The van der Waals surface area contributed by atoms with E-state index in [2.05, 4.69) is 55.0 Å². The molecule has 0 radical (unpaired) electrons. The van der Waals surface area contributed by atoms with Crippen LogP contribution >= 0.6 is 0 Å². The fourth-order valence-corrected chi connectivity index (χ4v) is 5.91. The van der Waals surface area contributed by atoms with Gasteiger partial charge in [0.1, 0.15) is 0 Å². The van der Waals surface area contributed by atoms with Crippen LogP contribution in [0.15, 0.2) is 12.2 Å². The van der Waals surface area contributed by atoms with Gasteiger partial charge in [-0.15, -0.1) is 0 Å². The summed E-state index contributed by atoms with van der Waals surface area (Å²) in [6.07, 6.45) is 3.45. The van der Waals surface area contributed by atoms with Gasteiger partial charge in [0, 0.05) is 6.42 Å². The first-order valence-corrected chi connectivity index (χ1v) is 10.4. The van der Waals surface area contributed by atoms with E-state index in [0.717, 1.165) is 12.3 Å². The van der Waals surface area contributed by atoms with Crippen LogP contribution in [0.5, 0.6) is 0 Å². The summed E-state index contributed by atoms with van der Waals surface area (Å²) in [6.45, 7) is 22.4. The van der Waals surface area contributed by atoms with Crippen molar-refractivity contribution < 1.29 is 15.0 Å². The van der Waals surface area contributed by atoms with Gasteiger partial charge < -0.3 is 10.2 Å². The number of aliphatic hydroxyl groups excluding tert-OH is 1. The number of allylic oxidation sites excluding steroid dienone is 1. The number of carboxylic acids is 1. The van der Waals surface area contributed by atoms with Crippen LogP contribution in [-0.4, -0.2) is 22.3 Å². The molecule has 2 rings (SSSR count). The molecule has 0 spiro atoms. The van der Waals surface area contributed by atoms with Crippen molar-refractivity contribution in [3.8, 4) is 0 Å². The van der Waals surface area contributed by atoms with Gasteiger partial charge in [-0.05, 0) is 53.3 Å². The molecule has 2 aliphatic carbocycles. The summed E-state index contributed by atoms with van der Waals surface area (Å²) in [5, 5.41) is 18.7. The summed E-state index contributed by atoms with van der Waals surface area (Å²) in [5.41, 5.74) is 1.68. The summed E-state index contributed by atoms with van der Waals surface area (Å²) < 4.78 is 0. The van der Waals surface area contributed by atoms with Crippen molar-refractivity contribution in [3.63, 3.8) is 0 Å². The van der Waals surface area contributed by atoms with Gasteiger partial charge in [-0.2, -0.15) is 0 Å². The van der Waals surface area contributed by atoms with E-state index in [-0.39, 0.29) is 23.4 Å². The Morgan fingerprint density at radius 2 is 1.77 bits per heavy atom. The lowest BCUT2D eigenvalue weighted by Gasteiger charge is -2.61. The highest BCUT2D eigenvalue weighted by Crippen LogP contribution is 2.62. The Bertz CT molecular complexity index is 508. The first-order valence-electron chi connectivity index (χ1n) is 10.4. The van der Waals surface area contributed by atoms with Crippen molar-refractivity contribution in [3.05, 3.63) is 12.2 Å². The molecule has 0 aromatic rings. The lowest BCUT2D eigenvalue weighted by atomic mass is 9.45. The van der Waals surface area contributed by atoms with Crippen LogP contribution in [0.2, 0.25) is 0 Å². The van der Waals surface area contributed by atoms with Gasteiger partial charge in [-0.1, -0.05) is 74.0 Å². The lowest BCUT2D eigenvalue weighted by Crippen LogP contribution is -2.57. The van der Waals surface area contributed by atoms with Crippen LogP contribution < -0.4 is 0 Å². The third-order valence-electron chi connectivity index (χ3n) is 7.83. The van der Waals surface area contributed by atoms with Crippen molar-refractivity contribution in [2.45, 2.75) is 87.2 Å². The lowest BCUT2D eigenvalue weighted by molar-refractivity contribution is -0.142. The SMILES string of the molecule is C=C1[C@@H](C)CC2[C@H](C(O)CC(C)(C(C)C)[C@H]2CC)C1(C)C.CCC(=O)O. The molecule has 0 aromatic heterocycles. The number of fused-ring (bicyclic) bond motifs is 1. The van der Waals surface area contributed by atoms with E-state index in [1.54, 1.807) is 6.92 Å². The summed E-state index contributed by atoms with van der Waals surface area (Å²) in [5.74, 6) is 2.21. The molecule has 3 unspecified atom stereocenters. The molecule has 152 valence electrons. The van der Waals surface area contributed by atoms with Crippen molar-refractivity contribution >= 4 is 5.97 Å². The van der Waals surface area contributed by atoms with Crippen molar-refractivity contribution in [1.29, 1.82) is 0 Å². The topological polar surface area (TPSA) is 57.5 Å². The Morgan fingerprint density at radius 1 is 1.27 bits per heavy atom. The number of carboxylic acid groups (broad SMARTS) is 1. The Kier molecular flexibility index (Phi) is 7.55. The normalized spacial score (nSPS) is 39.0. The van der Waals surface area contributed by atoms with E-state index in [1.165, 1.54) is 18.4 Å². The highest BCUT2D eigenvalue weighted by Gasteiger charge is 2.57. The molecule has 3 heteroatoms. The second-order valence-electron chi connectivity index (χ2n) is 9.77. The van der Waals surface area contributed by atoms with Gasteiger partial charge in [-0.3, -0.25) is 4.79 Å². The molecule has 0 heterocycles. The molecule has 2 fully saturated rings. The second kappa shape index (κ2) is 8.46. The Balaban J connectivity index is 0.000000597. The Morgan fingerprint density at radius 3 is 2.15 bits per heavy atom. The van der Waals surface area contributed by atoms with E-state index < -0.39 is 5.97 Å². The molecule has 0 aliphatic heterocycles. The predicted octanol–water partition coefficient (Wildman–Crippen LogP) is 5.78. The highest BCUT2D eigenvalue weighted by molar-refractivity contribution is 5.66. The predicted molar refractivity (Wildman–Crippen MR) is 109 cm³/mol. The third-order valence-corrected chi connectivity index (χ3v) is 7.83. The van der Waals surface area contributed by atoms with E-state index >= 15 is 0 Å². The quantitative estimate of drug-likeness (QED) is 0.623. The summed E-state index contributed by atoms with van der Waals surface area (Å²) in [4.78, 5) is 9.37. The van der Waals surface area contributed by atoms with Crippen LogP contribution in [-0.2, 0) is 4.79 Å². The average Bonchev–Trinajstić information content (AvgIpc) is 2.52. The molecular formula is C23H42O3. The van der Waals surface area contributed by atoms with Gasteiger partial charge in [0.05, 0.1) is 6.10 Å². The number of hydrogen-bond donors (Lipinski definition) is 2. The fourth-order valence-electron chi connectivity index (χ4n) is 5.91. The Hall–Kier alpha value is -0.830. The van der Waals surface area contributed by atoms with Gasteiger partial charge in [-0.25, -0.2) is 0 Å². The Labute approximate surface area is 161 Å². The number of carbonyl (C=O) groups is 1. The van der Waals surface area contributed by atoms with Crippen LogP contribution in [0.3, 0.4) is 0 Å². The molecule has 2 aliphatic rings. The number of hydrogen-bond acceptors (Lipinski definition) is 2. The van der Waals surface area contributed by atoms with E-state index in [4.69, 9.17) is 5.11 Å². The zero-order chi connectivity index (χ0) is 20.4. The van der Waals surface area contributed by atoms with Gasteiger partial charge in [0.25, 0.3) is 0 Å². The zero-order valence-corrected chi connectivity index (χ0v) is 18.3. The van der Waals surface area contributed by atoms with Crippen LogP contribution in [0, 0.1) is 40.4 Å². The van der Waals surface area contributed by atoms with Crippen molar-refractivity contribution in [2.75, 3.05) is 0 Å². The molecular weight excluding hydrogens is 324 g/mol. The molecule has 2 saturated carbocycles. The number of aliphatic hydroxyl groups is 1. The maximum Gasteiger partial charge on any atom is 0.303 e. The monoisotopic (exact) mass is 366 g/mol. The highest BCUT2D eigenvalue weighted by atomic mass is 16.4. The maximum atomic E-state index is 11.0. The molecule has 0 aromatic carbocycles. The summed E-state index contributed by atoms with van der Waals surface area (Å²) >= 11 is 0. The van der Waals surface area contributed by atoms with Crippen molar-refractivity contribution in [2.24, 2.45) is 40.4 Å².